The van der Waals surface area contributed by atoms with E-state index in [1.165, 1.54) is 11.9 Å². The van der Waals surface area contributed by atoms with Gasteiger partial charge in [-0.2, -0.15) is 0 Å². The molecule has 0 bridgehead atoms. The van der Waals surface area contributed by atoms with Gasteiger partial charge in [0.15, 0.2) is 0 Å². The number of carboxylic acids is 1. The average Bonchev–Trinajstić information content (AvgIpc) is 2.34. The van der Waals surface area contributed by atoms with Crippen LogP contribution < -0.4 is 5.32 Å². The molecule has 9 heteroatoms. The molecule has 0 saturated carbocycles. The highest BCUT2D eigenvalue weighted by atomic mass is 16.6. The maximum Gasteiger partial charge on any atom is 0.327 e. The van der Waals surface area contributed by atoms with Gasteiger partial charge < -0.3 is 15.2 Å². The molecule has 0 aliphatic carbocycles. The van der Waals surface area contributed by atoms with Crippen molar-refractivity contribution in [3.05, 3.63) is 0 Å². The van der Waals surface area contributed by atoms with Crippen LogP contribution in [0.25, 0.3) is 0 Å². The number of esters is 2. The summed E-state index contributed by atoms with van der Waals surface area (Å²) in [5.41, 5.74) is 0. The van der Waals surface area contributed by atoms with Gasteiger partial charge in [-0.05, 0) is 0 Å². The summed E-state index contributed by atoms with van der Waals surface area (Å²) in [5.74, 6) is -2.61. The molecule has 0 spiro atoms. The van der Waals surface area contributed by atoms with E-state index in [1.54, 1.807) is 4.90 Å². The van der Waals surface area contributed by atoms with Crippen molar-refractivity contribution >= 4 is 23.8 Å². The lowest BCUT2D eigenvalue weighted by Gasteiger charge is -2.27. The number of likely N-dealkylation sites (N-methyl/N-ethyl adjacent to an activating group) is 1. The second kappa shape index (κ2) is 7.56. The number of morpholine rings is 1. The third-order valence-corrected chi connectivity index (χ3v) is 2.67. The highest BCUT2D eigenvalue weighted by molar-refractivity contribution is 5.90. The first-order valence-electron chi connectivity index (χ1n) is 6.01. The van der Waals surface area contributed by atoms with Crippen molar-refractivity contribution < 1.29 is 29.0 Å². The lowest BCUT2D eigenvalue weighted by atomic mass is 10.3. The molecular formula is C11H17N3O6. The SMILES string of the molecule is CNC(=O)CN(CCN1CC(=O)OC(=O)C1)CC(=O)O. The summed E-state index contributed by atoms with van der Waals surface area (Å²) < 4.78 is 4.38. The molecule has 2 N–H and O–H groups in total. The molecule has 0 atom stereocenters. The van der Waals surface area contributed by atoms with Crippen LogP contribution in [0.4, 0.5) is 0 Å². The van der Waals surface area contributed by atoms with E-state index in [4.69, 9.17) is 5.11 Å². The molecule has 20 heavy (non-hydrogen) atoms. The molecule has 1 aliphatic heterocycles. The van der Waals surface area contributed by atoms with Gasteiger partial charge in [0.25, 0.3) is 0 Å². The van der Waals surface area contributed by atoms with Crippen LogP contribution in [-0.4, -0.2) is 85.0 Å². The number of aliphatic carboxylic acids is 1. The highest BCUT2D eigenvalue weighted by Gasteiger charge is 2.25. The van der Waals surface area contributed by atoms with Crippen LogP contribution >= 0.6 is 0 Å². The Hall–Kier alpha value is -2.00. The molecule has 1 heterocycles. The third kappa shape index (κ3) is 5.76. The van der Waals surface area contributed by atoms with Crippen LogP contribution in [0.15, 0.2) is 0 Å². The Balaban J connectivity index is 2.48. The van der Waals surface area contributed by atoms with Gasteiger partial charge in [0.05, 0.1) is 26.2 Å². The number of hydrogen-bond donors (Lipinski definition) is 2. The van der Waals surface area contributed by atoms with E-state index in [-0.39, 0.29) is 38.6 Å². The number of cyclic esters (lactones) is 2. The number of ether oxygens (including phenoxy) is 1. The first-order valence-corrected chi connectivity index (χ1v) is 6.01. The normalized spacial score (nSPS) is 16.1. The van der Waals surface area contributed by atoms with E-state index in [2.05, 4.69) is 10.1 Å². The molecule has 0 aromatic heterocycles. The topological polar surface area (TPSA) is 116 Å². The van der Waals surface area contributed by atoms with Crippen LogP contribution in [-0.2, 0) is 23.9 Å². The van der Waals surface area contributed by atoms with Gasteiger partial charge in [-0.25, -0.2) is 0 Å². The van der Waals surface area contributed by atoms with E-state index in [9.17, 15) is 19.2 Å². The zero-order chi connectivity index (χ0) is 15.1. The van der Waals surface area contributed by atoms with E-state index < -0.39 is 17.9 Å². The number of nitrogens with one attached hydrogen (secondary N) is 1. The Bertz CT molecular complexity index is 395. The number of rotatable bonds is 7. The van der Waals surface area contributed by atoms with Gasteiger partial charge in [-0.1, -0.05) is 0 Å². The number of carbonyl (C=O) groups excluding carboxylic acids is 3. The molecule has 1 saturated heterocycles. The minimum absolute atomic E-state index is 0.0212. The van der Waals surface area contributed by atoms with Crippen molar-refractivity contribution in [2.24, 2.45) is 0 Å². The van der Waals surface area contributed by atoms with Crippen molar-refractivity contribution in [1.29, 1.82) is 0 Å². The van der Waals surface area contributed by atoms with Gasteiger partial charge in [-0.3, -0.25) is 29.0 Å². The van der Waals surface area contributed by atoms with Crippen LogP contribution in [0.3, 0.4) is 0 Å². The number of nitrogens with zero attached hydrogens (tertiary/aromatic N) is 2. The summed E-state index contributed by atoms with van der Waals surface area (Å²) in [5, 5.41) is 11.2. The van der Waals surface area contributed by atoms with Crippen molar-refractivity contribution in [3.8, 4) is 0 Å². The van der Waals surface area contributed by atoms with E-state index in [1.807, 2.05) is 0 Å². The maximum atomic E-state index is 11.3. The van der Waals surface area contributed by atoms with Crippen molar-refractivity contribution in [1.82, 2.24) is 15.1 Å². The van der Waals surface area contributed by atoms with Crippen molar-refractivity contribution in [2.75, 3.05) is 46.3 Å². The second-order valence-corrected chi connectivity index (χ2v) is 4.33. The standard InChI is InChI=1S/C11H17N3O6/c1-12-8(15)4-13(5-9(16)17)2-3-14-6-10(18)20-11(19)7-14/h2-7H2,1H3,(H,12,15)(H,16,17). The van der Waals surface area contributed by atoms with Crippen LogP contribution in [0.2, 0.25) is 0 Å². The van der Waals surface area contributed by atoms with Crippen molar-refractivity contribution in [2.45, 2.75) is 0 Å². The Morgan fingerprint density at radius 1 is 1.30 bits per heavy atom. The van der Waals surface area contributed by atoms with Crippen LogP contribution in [0, 0.1) is 0 Å². The molecule has 0 aromatic carbocycles. The molecular weight excluding hydrogens is 270 g/mol. The molecule has 1 aliphatic rings. The average molecular weight is 287 g/mol. The van der Waals surface area contributed by atoms with Gasteiger partial charge in [0.1, 0.15) is 0 Å². The maximum absolute atomic E-state index is 11.3. The Morgan fingerprint density at radius 3 is 2.40 bits per heavy atom. The largest absolute Gasteiger partial charge is 0.480 e. The third-order valence-electron chi connectivity index (χ3n) is 2.67. The summed E-state index contributed by atoms with van der Waals surface area (Å²) in [4.78, 5) is 47.1. The summed E-state index contributed by atoms with van der Waals surface area (Å²) in [7, 11) is 1.46. The van der Waals surface area contributed by atoms with Crippen molar-refractivity contribution in [3.63, 3.8) is 0 Å². The minimum Gasteiger partial charge on any atom is -0.480 e. The second-order valence-electron chi connectivity index (χ2n) is 4.33. The summed E-state index contributed by atoms with van der Waals surface area (Å²) >= 11 is 0. The lowest BCUT2D eigenvalue weighted by molar-refractivity contribution is -0.167. The molecule has 0 unspecified atom stereocenters. The monoisotopic (exact) mass is 287 g/mol. The number of amides is 1. The Kier molecular flexibility index (Phi) is 6.07. The number of carbonyl (C=O) groups is 4. The molecule has 9 nitrogen and oxygen atoms in total. The first-order chi connectivity index (χ1) is 9.40. The molecule has 0 radical (unpaired) electrons. The van der Waals surface area contributed by atoms with Crippen LogP contribution in [0.5, 0.6) is 0 Å². The summed E-state index contributed by atoms with van der Waals surface area (Å²) in [6, 6.07) is 0. The van der Waals surface area contributed by atoms with Gasteiger partial charge >= 0.3 is 17.9 Å². The van der Waals surface area contributed by atoms with Gasteiger partial charge in [0.2, 0.25) is 5.91 Å². The zero-order valence-electron chi connectivity index (χ0n) is 11.1. The smallest absolute Gasteiger partial charge is 0.327 e. The predicted molar refractivity (Wildman–Crippen MR) is 65.7 cm³/mol. The first kappa shape index (κ1) is 16.1. The number of carboxylic acid groups (broad SMARTS) is 1. The molecule has 1 amide bonds. The predicted octanol–water partition coefficient (Wildman–Crippen LogP) is -2.50. The molecule has 112 valence electrons. The van der Waals surface area contributed by atoms with Gasteiger partial charge in [-0.15, -0.1) is 0 Å². The molecule has 1 fully saturated rings. The Labute approximate surface area is 115 Å². The van der Waals surface area contributed by atoms with E-state index >= 15 is 0 Å². The fraction of sp³-hybridized carbons (Fsp3) is 0.636. The van der Waals surface area contributed by atoms with E-state index in [0.717, 1.165) is 0 Å². The summed E-state index contributed by atoms with van der Waals surface area (Å²) in [6.45, 7) is 0.152. The van der Waals surface area contributed by atoms with Gasteiger partial charge in [0, 0.05) is 20.1 Å². The minimum atomic E-state index is -1.05. The quantitative estimate of drug-likeness (QED) is 0.390. The number of hydrogen-bond acceptors (Lipinski definition) is 7. The summed E-state index contributed by atoms with van der Waals surface area (Å²) in [6.07, 6.45) is 0. The highest BCUT2D eigenvalue weighted by Crippen LogP contribution is 2.00. The zero-order valence-corrected chi connectivity index (χ0v) is 11.1. The molecule has 1 rings (SSSR count). The Morgan fingerprint density at radius 2 is 1.90 bits per heavy atom. The van der Waals surface area contributed by atoms with Crippen LogP contribution in [0.1, 0.15) is 0 Å². The molecule has 0 aromatic rings. The fourth-order valence-electron chi connectivity index (χ4n) is 1.74. The fourth-order valence-corrected chi connectivity index (χ4v) is 1.74. The lowest BCUT2D eigenvalue weighted by Crippen LogP contribution is -2.47. The van der Waals surface area contributed by atoms with E-state index in [0.29, 0.717) is 6.54 Å².